The number of rotatable bonds is 4. The normalized spacial score (nSPS) is 12.5. The number of hydrogen-bond donors (Lipinski definition) is 2. The van der Waals surface area contributed by atoms with E-state index in [2.05, 4.69) is 15.6 Å². The van der Waals surface area contributed by atoms with Crippen LogP contribution in [0.2, 0.25) is 0 Å². The summed E-state index contributed by atoms with van der Waals surface area (Å²) in [6.45, 7) is 3.69. The first-order valence-electron chi connectivity index (χ1n) is 7.36. The zero-order chi connectivity index (χ0) is 17.3. The molecule has 2 amide bonds. The molecule has 0 aliphatic carbocycles. The number of nitrogens with one attached hydrogen (secondary N) is 2. The third-order valence-electron chi connectivity index (χ3n) is 3.47. The Balaban J connectivity index is 1.76. The summed E-state index contributed by atoms with van der Waals surface area (Å²) in [6, 6.07) is 5.01. The van der Waals surface area contributed by atoms with Crippen molar-refractivity contribution in [2.45, 2.75) is 20.3 Å². The fraction of sp³-hybridized carbons (Fsp3) is 0.250. The molecule has 0 spiro atoms. The molecular weight excluding hydrogens is 330 g/mol. The van der Waals surface area contributed by atoms with Gasteiger partial charge in [-0.05, 0) is 37.6 Å². The van der Waals surface area contributed by atoms with E-state index < -0.39 is 5.97 Å². The van der Waals surface area contributed by atoms with Gasteiger partial charge in [0, 0.05) is 11.3 Å². The van der Waals surface area contributed by atoms with Gasteiger partial charge in [0.25, 0.3) is 5.91 Å². The average molecular weight is 345 g/mol. The molecule has 0 saturated carbocycles. The first-order valence-corrected chi connectivity index (χ1v) is 8.18. The molecule has 0 fully saturated rings. The molecule has 0 bridgehead atoms. The van der Waals surface area contributed by atoms with Crippen molar-refractivity contribution in [3.63, 3.8) is 0 Å². The van der Waals surface area contributed by atoms with Crippen LogP contribution in [0.1, 0.15) is 38.2 Å². The summed E-state index contributed by atoms with van der Waals surface area (Å²) in [4.78, 5) is 40.1. The van der Waals surface area contributed by atoms with Gasteiger partial charge in [-0.15, -0.1) is 0 Å². The summed E-state index contributed by atoms with van der Waals surface area (Å²) in [7, 11) is 0. The topological polar surface area (TPSA) is 97.4 Å². The molecule has 7 nitrogen and oxygen atoms in total. The van der Waals surface area contributed by atoms with E-state index in [-0.39, 0.29) is 24.8 Å². The molecule has 24 heavy (non-hydrogen) atoms. The zero-order valence-electron chi connectivity index (χ0n) is 13.1. The molecular formula is C16H15N3O4S. The highest BCUT2D eigenvalue weighted by Crippen LogP contribution is 2.26. The van der Waals surface area contributed by atoms with E-state index in [0.29, 0.717) is 21.3 Å². The highest BCUT2D eigenvalue weighted by molar-refractivity contribution is 7.17. The van der Waals surface area contributed by atoms with Crippen molar-refractivity contribution in [1.29, 1.82) is 0 Å². The van der Waals surface area contributed by atoms with Crippen LogP contribution in [0, 0.1) is 6.92 Å². The SMILES string of the molecule is CCOC(=O)c1sc(NC(=O)c2ccc3c(c2)CC(=O)N3)nc1C. The largest absolute Gasteiger partial charge is 0.462 e. The predicted molar refractivity (Wildman–Crippen MR) is 89.5 cm³/mol. The van der Waals surface area contributed by atoms with Crippen LogP contribution in [0.5, 0.6) is 0 Å². The third kappa shape index (κ3) is 3.13. The van der Waals surface area contributed by atoms with Gasteiger partial charge in [0.1, 0.15) is 4.88 Å². The lowest BCUT2D eigenvalue weighted by Gasteiger charge is -2.04. The Kier molecular flexibility index (Phi) is 4.30. The van der Waals surface area contributed by atoms with Gasteiger partial charge in [-0.2, -0.15) is 0 Å². The Labute approximate surface area is 142 Å². The van der Waals surface area contributed by atoms with Gasteiger partial charge in [-0.1, -0.05) is 11.3 Å². The second kappa shape index (κ2) is 6.40. The number of aromatic nitrogens is 1. The number of carbonyl (C=O) groups is 3. The van der Waals surface area contributed by atoms with E-state index in [0.717, 1.165) is 22.6 Å². The van der Waals surface area contributed by atoms with Crippen LogP contribution in [0.4, 0.5) is 10.8 Å². The monoisotopic (exact) mass is 345 g/mol. The predicted octanol–water partition coefficient (Wildman–Crippen LogP) is 2.38. The number of hydrogen-bond acceptors (Lipinski definition) is 6. The minimum atomic E-state index is -0.449. The number of anilines is 2. The van der Waals surface area contributed by atoms with Gasteiger partial charge in [0.05, 0.1) is 18.7 Å². The van der Waals surface area contributed by atoms with Gasteiger partial charge in [0.2, 0.25) is 5.91 Å². The van der Waals surface area contributed by atoms with Gasteiger partial charge in [-0.25, -0.2) is 9.78 Å². The number of fused-ring (bicyclic) bond motifs is 1. The molecule has 2 aromatic rings. The highest BCUT2D eigenvalue weighted by atomic mass is 32.1. The fourth-order valence-corrected chi connectivity index (χ4v) is 3.23. The number of nitrogens with zero attached hydrogens (tertiary/aromatic N) is 1. The van der Waals surface area contributed by atoms with E-state index in [9.17, 15) is 14.4 Å². The van der Waals surface area contributed by atoms with Crippen molar-refractivity contribution >= 4 is 39.9 Å². The van der Waals surface area contributed by atoms with Crippen LogP contribution in [0.25, 0.3) is 0 Å². The molecule has 1 aliphatic rings. The van der Waals surface area contributed by atoms with Crippen molar-refractivity contribution in [2.75, 3.05) is 17.2 Å². The minimum absolute atomic E-state index is 0.0859. The van der Waals surface area contributed by atoms with Crippen molar-refractivity contribution in [2.24, 2.45) is 0 Å². The van der Waals surface area contributed by atoms with Gasteiger partial charge in [0.15, 0.2) is 5.13 Å². The molecule has 2 N–H and O–H groups in total. The molecule has 1 aromatic heterocycles. The molecule has 3 rings (SSSR count). The smallest absolute Gasteiger partial charge is 0.350 e. The third-order valence-corrected chi connectivity index (χ3v) is 4.52. The summed E-state index contributed by atoms with van der Waals surface area (Å²) < 4.78 is 4.95. The summed E-state index contributed by atoms with van der Waals surface area (Å²) in [5, 5.41) is 5.72. The van der Waals surface area contributed by atoms with E-state index in [1.54, 1.807) is 32.0 Å². The maximum absolute atomic E-state index is 12.3. The molecule has 0 saturated heterocycles. The second-order valence-corrected chi connectivity index (χ2v) is 6.20. The van der Waals surface area contributed by atoms with Crippen LogP contribution >= 0.6 is 11.3 Å². The Morgan fingerprint density at radius 2 is 2.21 bits per heavy atom. The number of thiazole rings is 1. The lowest BCUT2D eigenvalue weighted by atomic mass is 10.1. The standard InChI is InChI=1S/C16H15N3O4S/c1-3-23-15(22)13-8(2)17-16(24-13)19-14(21)9-4-5-11-10(6-9)7-12(20)18-11/h4-6H,3,7H2,1-2H3,(H,18,20)(H,17,19,21). The second-order valence-electron chi connectivity index (χ2n) is 5.21. The number of carbonyl (C=O) groups excluding carboxylic acids is 3. The van der Waals surface area contributed by atoms with Crippen LogP contribution in [-0.4, -0.2) is 29.4 Å². The Morgan fingerprint density at radius 3 is 2.96 bits per heavy atom. The molecule has 0 atom stereocenters. The molecule has 1 aromatic carbocycles. The molecule has 1 aliphatic heterocycles. The quantitative estimate of drug-likeness (QED) is 0.829. The number of benzene rings is 1. The summed E-state index contributed by atoms with van der Waals surface area (Å²) in [6.07, 6.45) is 0.264. The Morgan fingerprint density at radius 1 is 1.42 bits per heavy atom. The molecule has 2 heterocycles. The Bertz CT molecular complexity index is 844. The number of aryl methyl sites for hydroxylation is 1. The first kappa shape index (κ1) is 16.1. The molecule has 0 unspecified atom stereocenters. The van der Waals surface area contributed by atoms with Crippen molar-refractivity contribution in [3.8, 4) is 0 Å². The number of esters is 1. The van der Waals surface area contributed by atoms with Crippen molar-refractivity contribution in [3.05, 3.63) is 39.9 Å². The fourth-order valence-electron chi connectivity index (χ4n) is 2.38. The molecule has 0 radical (unpaired) electrons. The summed E-state index contributed by atoms with van der Waals surface area (Å²) in [5.41, 5.74) is 2.45. The van der Waals surface area contributed by atoms with Crippen LogP contribution in [0.15, 0.2) is 18.2 Å². The lowest BCUT2D eigenvalue weighted by molar-refractivity contribution is -0.115. The summed E-state index contributed by atoms with van der Waals surface area (Å²) >= 11 is 1.07. The van der Waals surface area contributed by atoms with Crippen LogP contribution in [0.3, 0.4) is 0 Å². The lowest BCUT2D eigenvalue weighted by Crippen LogP contribution is -2.11. The minimum Gasteiger partial charge on any atom is -0.462 e. The molecule has 8 heteroatoms. The van der Waals surface area contributed by atoms with Crippen LogP contribution in [-0.2, 0) is 16.0 Å². The van der Waals surface area contributed by atoms with Gasteiger partial charge >= 0.3 is 5.97 Å². The van der Waals surface area contributed by atoms with E-state index in [4.69, 9.17) is 4.74 Å². The maximum atomic E-state index is 12.3. The van der Waals surface area contributed by atoms with Crippen LogP contribution < -0.4 is 10.6 Å². The first-order chi connectivity index (χ1) is 11.5. The van der Waals surface area contributed by atoms with E-state index in [1.165, 1.54) is 0 Å². The van der Waals surface area contributed by atoms with E-state index >= 15 is 0 Å². The van der Waals surface area contributed by atoms with Crippen molar-refractivity contribution in [1.82, 2.24) is 4.98 Å². The maximum Gasteiger partial charge on any atom is 0.350 e. The number of amides is 2. The van der Waals surface area contributed by atoms with Gasteiger partial charge < -0.3 is 10.1 Å². The summed E-state index contributed by atoms with van der Waals surface area (Å²) in [5.74, 6) is -0.881. The highest BCUT2D eigenvalue weighted by Gasteiger charge is 2.21. The van der Waals surface area contributed by atoms with E-state index in [1.807, 2.05) is 0 Å². The molecule has 124 valence electrons. The van der Waals surface area contributed by atoms with Gasteiger partial charge in [-0.3, -0.25) is 14.9 Å². The number of ether oxygens (including phenoxy) is 1. The average Bonchev–Trinajstić information content (AvgIpc) is 3.08. The zero-order valence-corrected chi connectivity index (χ0v) is 14.0. The Hall–Kier alpha value is -2.74. The van der Waals surface area contributed by atoms with Crippen molar-refractivity contribution < 1.29 is 19.1 Å².